The molecule has 4 rings (SSSR count). The van der Waals surface area contributed by atoms with Gasteiger partial charge in [0.2, 0.25) is 0 Å². The van der Waals surface area contributed by atoms with E-state index in [-0.39, 0.29) is 5.91 Å². The average molecular weight is 398 g/mol. The Labute approximate surface area is 164 Å². The number of anilines is 1. The van der Waals surface area contributed by atoms with Gasteiger partial charge in [-0.15, -0.1) is 0 Å². The van der Waals surface area contributed by atoms with Crippen molar-refractivity contribution < 1.29 is 9.21 Å². The van der Waals surface area contributed by atoms with Crippen LogP contribution in [0.25, 0.3) is 22.7 Å². The molecule has 7 heteroatoms. The number of nitrogens with one attached hydrogen (secondary N) is 2. The Morgan fingerprint density at radius 3 is 2.52 bits per heavy atom. The second kappa shape index (κ2) is 7.31. The first-order valence-electron chi connectivity index (χ1n) is 8.07. The maximum atomic E-state index is 12.8. The molecule has 0 radical (unpaired) electrons. The number of aromatic amines is 1. The highest BCUT2D eigenvalue weighted by Gasteiger charge is 2.21. The van der Waals surface area contributed by atoms with Gasteiger partial charge in [0.05, 0.1) is 22.0 Å². The van der Waals surface area contributed by atoms with Crippen LogP contribution in [-0.2, 0) is 0 Å². The average Bonchev–Trinajstić information content (AvgIpc) is 3.34. The number of hydrogen-bond acceptors (Lipinski definition) is 3. The van der Waals surface area contributed by atoms with E-state index < -0.39 is 0 Å². The summed E-state index contributed by atoms with van der Waals surface area (Å²) < 4.78 is 5.47. The minimum Gasteiger partial charge on any atom is -0.463 e. The molecule has 4 aromatic rings. The lowest BCUT2D eigenvalue weighted by Crippen LogP contribution is -2.12. The van der Waals surface area contributed by atoms with Crippen molar-refractivity contribution in [1.29, 1.82) is 0 Å². The molecule has 5 nitrogen and oxygen atoms in total. The van der Waals surface area contributed by atoms with Crippen molar-refractivity contribution in [3.63, 3.8) is 0 Å². The van der Waals surface area contributed by atoms with Crippen molar-refractivity contribution in [2.24, 2.45) is 0 Å². The van der Waals surface area contributed by atoms with E-state index in [0.29, 0.717) is 38.4 Å². The number of rotatable bonds is 4. The minimum atomic E-state index is -0.333. The third-order valence-corrected chi connectivity index (χ3v) is 4.74. The topological polar surface area (TPSA) is 70.9 Å². The summed E-state index contributed by atoms with van der Waals surface area (Å²) in [7, 11) is 0. The van der Waals surface area contributed by atoms with Gasteiger partial charge in [0.1, 0.15) is 11.4 Å². The van der Waals surface area contributed by atoms with Crippen LogP contribution >= 0.6 is 23.2 Å². The van der Waals surface area contributed by atoms with E-state index >= 15 is 0 Å². The number of nitrogens with zero attached hydrogens (tertiary/aromatic N) is 1. The second-order valence-corrected chi connectivity index (χ2v) is 6.56. The molecule has 1 amide bonds. The summed E-state index contributed by atoms with van der Waals surface area (Å²) in [5.74, 6) is 0.231. The van der Waals surface area contributed by atoms with E-state index in [2.05, 4.69) is 15.5 Å². The molecule has 0 unspecified atom stereocenters. The van der Waals surface area contributed by atoms with Crippen LogP contribution in [0.4, 0.5) is 5.69 Å². The van der Waals surface area contributed by atoms with Gasteiger partial charge in [0, 0.05) is 11.1 Å². The zero-order valence-electron chi connectivity index (χ0n) is 13.9. The monoisotopic (exact) mass is 397 g/mol. The lowest BCUT2D eigenvalue weighted by atomic mass is 10.1. The quantitative estimate of drug-likeness (QED) is 0.450. The molecular formula is C20H13Cl2N3O2. The van der Waals surface area contributed by atoms with Gasteiger partial charge in [0.15, 0.2) is 5.76 Å². The van der Waals surface area contributed by atoms with Crippen molar-refractivity contribution in [2.45, 2.75) is 0 Å². The van der Waals surface area contributed by atoms with Gasteiger partial charge in [-0.1, -0.05) is 53.5 Å². The molecule has 2 N–H and O–H groups in total. The molecule has 0 aliphatic rings. The molecule has 2 heterocycles. The van der Waals surface area contributed by atoms with Crippen LogP contribution in [0.2, 0.25) is 10.0 Å². The molecule has 0 atom stereocenters. The van der Waals surface area contributed by atoms with E-state index in [1.807, 2.05) is 30.3 Å². The maximum Gasteiger partial charge on any atom is 0.255 e. The first-order valence-corrected chi connectivity index (χ1v) is 8.83. The van der Waals surface area contributed by atoms with E-state index in [9.17, 15) is 4.79 Å². The maximum absolute atomic E-state index is 12.8. The molecule has 0 aliphatic heterocycles. The SMILES string of the molecule is O=C(Nc1c(-c2ccccc2)n[nH]c1-c1ccco1)c1ccc(Cl)c(Cl)c1. The highest BCUT2D eigenvalue weighted by atomic mass is 35.5. The molecule has 0 saturated heterocycles. The summed E-state index contributed by atoms with van der Waals surface area (Å²) in [6.45, 7) is 0. The van der Waals surface area contributed by atoms with E-state index in [1.54, 1.807) is 30.5 Å². The zero-order chi connectivity index (χ0) is 18.8. The third-order valence-electron chi connectivity index (χ3n) is 4.00. The lowest BCUT2D eigenvalue weighted by molar-refractivity contribution is 0.102. The molecule has 134 valence electrons. The highest BCUT2D eigenvalue weighted by Crippen LogP contribution is 2.35. The predicted octanol–water partition coefficient (Wildman–Crippen LogP) is 5.90. The number of amides is 1. The van der Waals surface area contributed by atoms with Crippen LogP contribution in [0.3, 0.4) is 0 Å². The summed E-state index contributed by atoms with van der Waals surface area (Å²) in [6, 6.07) is 17.8. The number of H-pyrrole nitrogens is 1. The van der Waals surface area contributed by atoms with Crippen molar-refractivity contribution in [3.05, 3.63) is 82.5 Å². The van der Waals surface area contributed by atoms with Crippen LogP contribution in [0, 0.1) is 0 Å². The Morgan fingerprint density at radius 2 is 1.81 bits per heavy atom. The number of carbonyl (C=O) groups is 1. The van der Waals surface area contributed by atoms with Crippen LogP contribution < -0.4 is 5.32 Å². The molecule has 27 heavy (non-hydrogen) atoms. The molecule has 0 bridgehead atoms. The normalized spacial score (nSPS) is 10.7. The number of hydrogen-bond donors (Lipinski definition) is 2. The highest BCUT2D eigenvalue weighted by molar-refractivity contribution is 6.42. The summed E-state index contributed by atoms with van der Waals surface area (Å²) in [5.41, 5.74) is 2.95. The van der Waals surface area contributed by atoms with Crippen LogP contribution in [0.1, 0.15) is 10.4 Å². The smallest absolute Gasteiger partial charge is 0.255 e. The number of carbonyl (C=O) groups excluding carboxylic acids is 1. The number of benzene rings is 2. The van der Waals surface area contributed by atoms with E-state index in [1.165, 1.54) is 6.07 Å². The summed E-state index contributed by atoms with van der Waals surface area (Å²) >= 11 is 12.0. The van der Waals surface area contributed by atoms with Crippen LogP contribution in [0.15, 0.2) is 71.3 Å². The van der Waals surface area contributed by atoms with Gasteiger partial charge in [-0.3, -0.25) is 9.89 Å². The largest absolute Gasteiger partial charge is 0.463 e. The Bertz CT molecular complexity index is 1090. The van der Waals surface area contributed by atoms with Gasteiger partial charge in [-0.05, 0) is 30.3 Å². The van der Waals surface area contributed by atoms with Gasteiger partial charge in [0.25, 0.3) is 5.91 Å². The van der Waals surface area contributed by atoms with Crippen molar-refractivity contribution in [1.82, 2.24) is 10.2 Å². The van der Waals surface area contributed by atoms with Crippen LogP contribution in [0.5, 0.6) is 0 Å². The Balaban J connectivity index is 1.77. The van der Waals surface area contributed by atoms with Crippen molar-refractivity contribution >= 4 is 34.8 Å². The van der Waals surface area contributed by atoms with Crippen LogP contribution in [-0.4, -0.2) is 16.1 Å². The lowest BCUT2D eigenvalue weighted by Gasteiger charge is -2.08. The molecule has 0 spiro atoms. The summed E-state index contributed by atoms with van der Waals surface area (Å²) in [5, 5.41) is 10.9. The van der Waals surface area contributed by atoms with Gasteiger partial charge in [-0.25, -0.2) is 0 Å². The van der Waals surface area contributed by atoms with Crippen molar-refractivity contribution in [3.8, 4) is 22.7 Å². The van der Waals surface area contributed by atoms with Gasteiger partial charge in [-0.2, -0.15) is 5.10 Å². The standard InChI is InChI=1S/C20H13Cl2N3O2/c21-14-9-8-13(11-15(14)22)20(26)23-19-17(12-5-2-1-3-6-12)24-25-18(19)16-7-4-10-27-16/h1-11H,(H,23,26)(H,24,25). The molecule has 2 aromatic carbocycles. The Morgan fingerprint density at radius 1 is 1.00 bits per heavy atom. The first kappa shape index (κ1) is 17.4. The Hall–Kier alpha value is -3.02. The molecule has 0 saturated carbocycles. The van der Waals surface area contributed by atoms with Gasteiger partial charge < -0.3 is 9.73 Å². The summed E-state index contributed by atoms with van der Waals surface area (Å²) in [6.07, 6.45) is 1.56. The third kappa shape index (κ3) is 3.47. The molecule has 0 fully saturated rings. The molecular weight excluding hydrogens is 385 g/mol. The number of furan rings is 1. The molecule has 0 aliphatic carbocycles. The second-order valence-electron chi connectivity index (χ2n) is 5.75. The van der Waals surface area contributed by atoms with E-state index in [0.717, 1.165) is 5.56 Å². The van der Waals surface area contributed by atoms with Gasteiger partial charge >= 0.3 is 0 Å². The fourth-order valence-corrected chi connectivity index (χ4v) is 2.99. The fraction of sp³-hybridized carbons (Fsp3) is 0. The fourth-order valence-electron chi connectivity index (χ4n) is 2.69. The van der Waals surface area contributed by atoms with E-state index in [4.69, 9.17) is 27.6 Å². The first-order chi connectivity index (χ1) is 13.1. The minimum absolute atomic E-state index is 0.311. The number of halogens is 2. The molecule has 2 aromatic heterocycles. The number of aromatic nitrogens is 2. The summed E-state index contributed by atoms with van der Waals surface area (Å²) in [4.78, 5) is 12.8. The predicted molar refractivity (Wildman–Crippen MR) is 106 cm³/mol. The Kier molecular flexibility index (Phi) is 4.71. The zero-order valence-corrected chi connectivity index (χ0v) is 15.4. The van der Waals surface area contributed by atoms with Crippen molar-refractivity contribution in [2.75, 3.05) is 5.32 Å².